The molecule has 1 aromatic carbocycles. The predicted octanol–water partition coefficient (Wildman–Crippen LogP) is 4.09. The third-order valence-corrected chi connectivity index (χ3v) is 4.06. The van der Waals surface area contributed by atoms with Gasteiger partial charge in [0.05, 0.1) is 16.8 Å². The fourth-order valence-corrected chi connectivity index (χ4v) is 2.89. The Morgan fingerprint density at radius 1 is 1.41 bits per heavy atom. The molecule has 0 radical (unpaired) electrons. The Labute approximate surface area is 121 Å². The summed E-state index contributed by atoms with van der Waals surface area (Å²) in [4.78, 5) is 0. The summed E-state index contributed by atoms with van der Waals surface area (Å²) in [5, 5.41) is 3.17. The van der Waals surface area contributed by atoms with Gasteiger partial charge in [0.2, 0.25) is 0 Å². The third-order valence-electron chi connectivity index (χ3n) is 2.47. The predicted molar refractivity (Wildman–Crippen MR) is 76.4 cm³/mol. The number of nitrogens with one attached hydrogen (secondary N) is 1. The Morgan fingerprint density at radius 3 is 2.71 bits per heavy atom. The molecule has 0 saturated carbocycles. The summed E-state index contributed by atoms with van der Waals surface area (Å²) in [5.41, 5.74) is 0.991. The van der Waals surface area contributed by atoms with Crippen LogP contribution < -0.4 is 5.32 Å². The minimum Gasteiger partial charge on any atom is -0.466 e. The SMILES string of the molecule is CNC(c1ccc(F)cc1I)c1occc1Br. The lowest BCUT2D eigenvalue weighted by atomic mass is 10.0. The van der Waals surface area contributed by atoms with E-state index in [4.69, 9.17) is 4.42 Å². The van der Waals surface area contributed by atoms with Gasteiger partial charge in [0, 0.05) is 3.57 Å². The second kappa shape index (κ2) is 5.49. The Bertz CT molecular complexity index is 529. The Morgan fingerprint density at radius 2 is 2.18 bits per heavy atom. The normalized spacial score (nSPS) is 12.7. The number of rotatable bonds is 3. The van der Waals surface area contributed by atoms with Gasteiger partial charge in [-0.3, -0.25) is 0 Å². The fourth-order valence-electron chi connectivity index (χ4n) is 1.67. The van der Waals surface area contributed by atoms with E-state index in [0.717, 1.165) is 19.4 Å². The first-order valence-corrected chi connectivity index (χ1v) is 6.85. The van der Waals surface area contributed by atoms with Crippen LogP contribution in [0.4, 0.5) is 4.39 Å². The van der Waals surface area contributed by atoms with Gasteiger partial charge in [-0.2, -0.15) is 0 Å². The van der Waals surface area contributed by atoms with Crippen molar-refractivity contribution in [3.63, 3.8) is 0 Å². The van der Waals surface area contributed by atoms with E-state index in [-0.39, 0.29) is 11.9 Å². The highest BCUT2D eigenvalue weighted by molar-refractivity contribution is 14.1. The van der Waals surface area contributed by atoms with Gasteiger partial charge in [-0.25, -0.2) is 4.39 Å². The van der Waals surface area contributed by atoms with Crippen molar-refractivity contribution in [3.05, 3.63) is 55.7 Å². The zero-order valence-corrected chi connectivity index (χ0v) is 12.7. The summed E-state index contributed by atoms with van der Waals surface area (Å²) in [6.07, 6.45) is 1.63. The molecule has 2 aromatic rings. The van der Waals surface area contributed by atoms with Crippen molar-refractivity contribution in [2.24, 2.45) is 0 Å². The zero-order valence-electron chi connectivity index (χ0n) is 9.01. The third kappa shape index (κ3) is 2.71. The maximum Gasteiger partial charge on any atom is 0.139 e. The van der Waals surface area contributed by atoms with Crippen LogP contribution in [0, 0.1) is 9.39 Å². The van der Waals surface area contributed by atoms with Gasteiger partial charge in [-0.15, -0.1) is 0 Å². The minimum absolute atomic E-state index is 0.0909. The van der Waals surface area contributed by atoms with E-state index in [1.165, 1.54) is 12.1 Å². The zero-order chi connectivity index (χ0) is 12.4. The Kier molecular flexibility index (Phi) is 4.22. The molecule has 1 aromatic heterocycles. The van der Waals surface area contributed by atoms with E-state index in [1.54, 1.807) is 12.3 Å². The highest BCUT2D eigenvalue weighted by atomic mass is 127. The Hall–Kier alpha value is -0.400. The summed E-state index contributed by atoms with van der Waals surface area (Å²) in [6, 6.07) is 6.49. The van der Waals surface area contributed by atoms with Crippen molar-refractivity contribution in [2.45, 2.75) is 6.04 Å². The molecule has 17 heavy (non-hydrogen) atoms. The minimum atomic E-state index is -0.230. The van der Waals surface area contributed by atoms with E-state index in [9.17, 15) is 4.39 Å². The van der Waals surface area contributed by atoms with Crippen LogP contribution in [-0.4, -0.2) is 7.05 Å². The fraction of sp³-hybridized carbons (Fsp3) is 0.167. The van der Waals surface area contributed by atoms with Crippen molar-refractivity contribution in [1.29, 1.82) is 0 Å². The van der Waals surface area contributed by atoms with Crippen LogP contribution in [0.25, 0.3) is 0 Å². The number of hydrogen-bond acceptors (Lipinski definition) is 2. The van der Waals surface area contributed by atoms with Gasteiger partial charge in [0.1, 0.15) is 11.6 Å². The van der Waals surface area contributed by atoms with Crippen LogP contribution in [0.2, 0.25) is 0 Å². The molecule has 0 amide bonds. The maximum absolute atomic E-state index is 13.1. The van der Waals surface area contributed by atoms with E-state index in [2.05, 4.69) is 43.8 Å². The second-order valence-electron chi connectivity index (χ2n) is 3.52. The topological polar surface area (TPSA) is 25.2 Å². The molecule has 0 saturated heterocycles. The van der Waals surface area contributed by atoms with Crippen molar-refractivity contribution >= 4 is 38.5 Å². The Balaban J connectivity index is 2.46. The molecular weight excluding hydrogens is 400 g/mol. The van der Waals surface area contributed by atoms with E-state index < -0.39 is 0 Å². The first-order chi connectivity index (χ1) is 8.13. The van der Waals surface area contributed by atoms with E-state index in [0.29, 0.717) is 0 Å². The van der Waals surface area contributed by atoms with Crippen LogP contribution in [0.5, 0.6) is 0 Å². The summed E-state index contributed by atoms with van der Waals surface area (Å²) < 4.78 is 20.3. The lowest BCUT2D eigenvalue weighted by molar-refractivity contribution is 0.459. The first-order valence-electron chi connectivity index (χ1n) is 4.98. The maximum atomic E-state index is 13.1. The number of halogens is 3. The van der Waals surface area contributed by atoms with Crippen molar-refractivity contribution in [3.8, 4) is 0 Å². The summed E-state index contributed by atoms with van der Waals surface area (Å²) in [5.74, 6) is 0.559. The number of hydrogen-bond donors (Lipinski definition) is 1. The van der Waals surface area contributed by atoms with Gasteiger partial charge in [0.15, 0.2) is 0 Å². The van der Waals surface area contributed by atoms with E-state index >= 15 is 0 Å². The molecule has 0 aliphatic carbocycles. The van der Waals surface area contributed by atoms with Crippen molar-refractivity contribution in [2.75, 3.05) is 7.05 Å². The highest BCUT2D eigenvalue weighted by Gasteiger charge is 2.20. The molecule has 1 unspecified atom stereocenters. The largest absolute Gasteiger partial charge is 0.466 e. The second-order valence-corrected chi connectivity index (χ2v) is 5.54. The lowest BCUT2D eigenvalue weighted by Crippen LogP contribution is -2.18. The molecule has 1 N–H and O–H groups in total. The highest BCUT2D eigenvalue weighted by Crippen LogP contribution is 2.31. The molecule has 1 heterocycles. The van der Waals surface area contributed by atoms with Gasteiger partial charge >= 0.3 is 0 Å². The monoisotopic (exact) mass is 409 g/mol. The molecule has 0 aliphatic heterocycles. The molecule has 0 aliphatic rings. The van der Waals surface area contributed by atoms with Crippen LogP contribution in [0.15, 0.2) is 39.4 Å². The van der Waals surface area contributed by atoms with Gasteiger partial charge < -0.3 is 9.73 Å². The summed E-state index contributed by atoms with van der Waals surface area (Å²) in [6.45, 7) is 0. The molecule has 2 rings (SSSR count). The van der Waals surface area contributed by atoms with Crippen LogP contribution in [0.1, 0.15) is 17.4 Å². The molecule has 0 fully saturated rings. The standard InChI is InChI=1S/C12H10BrFINO/c1-16-11(12-9(13)4-5-17-12)8-3-2-7(14)6-10(8)15/h2-6,11,16H,1H3. The molecule has 90 valence electrons. The molecular formula is C12H10BrFINO. The van der Waals surface area contributed by atoms with Gasteiger partial charge in [-0.05, 0) is 69.3 Å². The lowest BCUT2D eigenvalue weighted by Gasteiger charge is -2.16. The van der Waals surface area contributed by atoms with E-state index in [1.807, 2.05) is 13.1 Å². The molecule has 5 heteroatoms. The van der Waals surface area contributed by atoms with Gasteiger partial charge in [0.25, 0.3) is 0 Å². The number of furan rings is 1. The van der Waals surface area contributed by atoms with Crippen molar-refractivity contribution in [1.82, 2.24) is 5.32 Å². The van der Waals surface area contributed by atoms with Crippen molar-refractivity contribution < 1.29 is 8.81 Å². The van der Waals surface area contributed by atoms with Crippen LogP contribution in [0.3, 0.4) is 0 Å². The van der Waals surface area contributed by atoms with Crippen LogP contribution >= 0.6 is 38.5 Å². The molecule has 0 spiro atoms. The summed E-state index contributed by atoms with van der Waals surface area (Å²) in [7, 11) is 1.85. The average molecular weight is 410 g/mol. The smallest absolute Gasteiger partial charge is 0.139 e. The first kappa shape index (κ1) is 13.0. The summed E-state index contributed by atoms with van der Waals surface area (Å²) >= 11 is 5.56. The molecule has 2 nitrogen and oxygen atoms in total. The quantitative estimate of drug-likeness (QED) is 0.772. The molecule has 0 bridgehead atoms. The average Bonchev–Trinajstić information content (AvgIpc) is 2.69. The van der Waals surface area contributed by atoms with Crippen LogP contribution in [-0.2, 0) is 0 Å². The van der Waals surface area contributed by atoms with Gasteiger partial charge in [-0.1, -0.05) is 6.07 Å². The molecule has 1 atom stereocenters. The number of benzene rings is 1.